The predicted octanol–water partition coefficient (Wildman–Crippen LogP) is 2.82. The third-order valence-corrected chi connectivity index (χ3v) is 5.86. The lowest BCUT2D eigenvalue weighted by molar-refractivity contribution is 0.0608. The molecule has 1 fully saturated rings. The van der Waals surface area contributed by atoms with E-state index in [0.29, 0.717) is 37.2 Å². The first-order chi connectivity index (χ1) is 15.3. The van der Waals surface area contributed by atoms with Crippen molar-refractivity contribution < 1.29 is 23.6 Å². The number of imide groups is 1. The first-order valence-corrected chi connectivity index (χ1v) is 10.6. The summed E-state index contributed by atoms with van der Waals surface area (Å²) in [5.74, 6) is -1.98. The molecule has 0 radical (unpaired) electrons. The van der Waals surface area contributed by atoms with Gasteiger partial charge in [0.05, 0.1) is 16.7 Å². The van der Waals surface area contributed by atoms with Gasteiger partial charge in [-0.3, -0.25) is 24.1 Å². The van der Waals surface area contributed by atoms with Gasteiger partial charge in [0.2, 0.25) is 0 Å². The molecule has 0 bridgehead atoms. The second-order valence-corrected chi connectivity index (χ2v) is 8.25. The summed E-state index contributed by atoms with van der Waals surface area (Å²) in [6, 6.07) is 10.1. The highest BCUT2D eigenvalue weighted by Crippen LogP contribution is 2.26. The van der Waals surface area contributed by atoms with Crippen LogP contribution >= 0.6 is 0 Å². The van der Waals surface area contributed by atoms with Gasteiger partial charge in [-0.05, 0) is 50.6 Å². The molecular weight excluding hydrogens is 413 g/mol. The summed E-state index contributed by atoms with van der Waals surface area (Å²) >= 11 is 0. The summed E-state index contributed by atoms with van der Waals surface area (Å²) < 4.78 is 14.0. The van der Waals surface area contributed by atoms with Crippen LogP contribution in [0.3, 0.4) is 0 Å². The Labute approximate surface area is 185 Å². The van der Waals surface area contributed by atoms with Crippen molar-refractivity contribution in [3.63, 3.8) is 0 Å². The van der Waals surface area contributed by atoms with E-state index >= 15 is 0 Å². The highest BCUT2D eigenvalue weighted by atomic mass is 19.1. The first-order valence-electron chi connectivity index (χ1n) is 10.6. The van der Waals surface area contributed by atoms with E-state index in [4.69, 9.17) is 0 Å². The van der Waals surface area contributed by atoms with Gasteiger partial charge in [-0.2, -0.15) is 0 Å². The summed E-state index contributed by atoms with van der Waals surface area (Å²) in [6.45, 7) is 4.95. The van der Waals surface area contributed by atoms with Gasteiger partial charge in [-0.15, -0.1) is 0 Å². The number of amides is 4. The van der Waals surface area contributed by atoms with Crippen LogP contribution in [0.5, 0.6) is 0 Å². The van der Waals surface area contributed by atoms with E-state index in [2.05, 4.69) is 0 Å². The van der Waals surface area contributed by atoms with Crippen LogP contribution in [0, 0.1) is 5.82 Å². The molecule has 0 atom stereocenters. The highest BCUT2D eigenvalue weighted by molar-refractivity contribution is 6.22. The Bertz CT molecular complexity index is 1110. The van der Waals surface area contributed by atoms with Crippen molar-refractivity contribution in [2.75, 3.05) is 26.2 Å². The second-order valence-electron chi connectivity index (χ2n) is 8.25. The maximum Gasteiger partial charge on any atom is 0.261 e. The topological polar surface area (TPSA) is 78.0 Å². The van der Waals surface area contributed by atoms with Crippen LogP contribution in [0.25, 0.3) is 0 Å². The zero-order valence-electron chi connectivity index (χ0n) is 18.0. The SMILES string of the molecule is CC(C)N1C(=O)c2ccc(C(=O)N3CCCN(C(=O)c4ccccc4F)CC3)cc2C1=O. The molecule has 4 rings (SSSR count). The zero-order valence-corrected chi connectivity index (χ0v) is 18.0. The predicted molar refractivity (Wildman–Crippen MR) is 115 cm³/mol. The van der Waals surface area contributed by atoms with E-state index in [0.717, 1.165) is 0 Å². The fourth-order valence-electron chi connectivity index (χ4n) is 4.17. The largest absolute Gasteiger partial charge is 0.337 e. The molecule has 2 heterocycles. The van der Waals surface area contributed by atoms with E-state index in [1.807, 2.05) is 0 Å². The molecule has 2 aromatic carbocycles. The average Bonchev–Trinajstić information content (AvgIpc) is 2.93. The lowest BCUT2D eigenvalue weighted by Gasteiger charge is -2.22. The number of carbonyl (C=O) groups is 4. The van der Waals surface area contributed by atoms with Crippen molar-refractivity contribution in [2.24, 2.45) is 0 Å². The van der Waals surface area contributed by atoms with Gasteiger partial charge in [0, 0.05) is 37.8 Å². The Morgan fingerprint density at radius 2 is 1.47 bits per heavy atom. The smallest absolute Gasteiger partial charge is 0.261 e. The minimum Gasteiger partial charge on any atom is -0.337 e. The molecule has 7 nitrogen and oxygen atoms in total. The summed E-state index contributed by atoms with van der Waals surface area (Å²) in [7, 11) is 0. The Hall–Kier alpha value is -3.55. The van der Waals surface area contributed by atoms with E-state index in [-0.39, 0.29) is 35.5 Å². The minimum atomic E-state index is -0.567. The minimum absolute atomic E-state index is 0.0174. The molecule has 166 valence electrons. The molecule has 0 spiro atoms. The van der Waals surface area contributed by atoms with Gasteiger partial charge >= 0.3 is 0 Å². The maximum absolute atomic E-state index is 14.0. The summed E-state index contributed by atoms with van der Waals surface area (Å²) in [5, 5.41) is 0. The molecule has 8 heteroatoms. The number of rotatable bonds is 3. The summed E-state index contributed by atoms with van der Waals surface area (Å²) in [6.07, 6.45) is 0.551. The van der Waals surface area contributed by atoms with Crippen LogP contribution in [0.4, 0.5) is 4.39 Å². The fourth-order valence-corrected chi connectivity index (χ4v) is 4.17. The van der Waals surface area contributed by atoms with Gasteiger partial charge in [0.25, 0.3) is 23.6 Å². The van der Waals surface area contributed by atoms with Crippen LogP contribution in [-0.4, -0.2) is 70.5 Å². The molecule has 32 heavy (non-hydrogen) atoms. The van der Waals surface area contributed by atoms with Crippen LogP contribution in [0.2, 0.25) is 0 Å². The van der Waals surface area contributed by atoms with Crippen LogP contribution in [0.1, 0.15) is 61.7 Å². The van der Waals surface area contributed by atoms with E-state index in [1.165, 1.54) is 35.2 Å². The Kier molecular flexibility index (Phi) is 5.78. The number of hydrogen-bond donors (Lipinski definition) is 0. The number of halogens is 1. The average molecular weight is 437 g/mol. The Morgan fingerprint density at radius 3 is 2.12 bits per heavy atom. The summed E-state index contributed by atoms with van der Waals surface area (Å²) in [4.78, 5) is 55.3. The molecule has 0 aromatic heterocycles. The van der Waals surface area contributed by atoms with Gasteiger partial charge < -0.3 is 9.80 Å². The van der Waals surface area contributed by atoms with Gasteiger partial charge in [-0.1, -0.05) is 12.1 Å². The number of hydrogen-bond acceptors (Lipinski definition) is 4. The van der Waals surface area contributed by atoms with Crippen LogP contribution in [-0.2, 0) is 0 Å². The van der Waals surface area contributed by atoms with Crippen molar-refractivity contribution in [1.29, 1.82) is 0 Å². The van der Waals surface area contributed by atoms with Gasteiger partial charge in [-0.25, -0.2) is 4.39 Å². The number of fused-ring (bicyclic) bond motifs is 1. The molecule has 1 saturated heterocycles. The maximum atomic E-state index is 14.0. The van der Waals surface area contributed by atoms with Crippen molar-refractivity contribution in [1.82, 2.24) is 14.7 Å². The number of benzene rings is 2. The number of carbonyl (C=O) groups excluding carboxylic acids is 4. The van der Waals surface area contributed by atoms with Crippen molar-refractivity contribution in [2.45, 2.75) is 26.3 Å². The van der Waals surface area contributed by atoms with Crippen LogP contribution in [0.15, 0.2) is 42.5 Å². The monoisotopic (exact) mass is 437 g/mol. The van der Waals surface area contributed by atoms with Crippen molar-refractivity contribution in [3.8, 4) is 0 Å². The molecular formula is C24H24FN3O4. The molecule has 0 N–H and O–H groups in total. The Morgan fingerprint density at radius 1 is 0.844 bits per heavy atom. The quantitative estimate of drug-likeness (QED) is 0.692. The third kappa shape index (κ3) is 3.77. The standard InChI is InChI=1S/C24H24FN3O4/c1-15(2)28-23(31)17-9-8-16(14-19(17)24(28)32)21(29)26-10-5-11-27(13-12-26)22(30)18-6-3-4-7-20(18)25/h3-4,6-9,14-15H,5,10-13H2,1-2H3. The zero-order chi connectivity index (χ0) is 23.0. The van der Waals surface area contributed by atoms with Crippen molar-refractivity contribution >= 4 is 23.6 Å². The van der Waals surface area contributed by atoms with E-state index in [9.17, 15) is 23.6 Å². The molecule has 0 unspecified atom stereocenters. The second kappa shape index (κ2) is 8.53. The lowest BCUT2D eigenvalue weighted by Crippen LogP contribution is -2.37. The molecule has 2 aliphatic rings. The molecule has 2 aliphatic heterocycles. The molecule has 2 aromatic rings. The fraction of sp³-hybridized carbons (Fsp3) is 0.333. The van der Waals surface area contributed by atoms with Gasteiger partial charge in [0.1, 0.15) is 5.82 Å². The van der Waals surface area contributed by atoms with Crippen LogP contribution < -0.4 is 0 Å². The molecule has 0 saturated carbocycles. The first kappa shape index (κ1) is 21.7. The lowest BCUT2D eigenvalue weighted by atomic mass is 10.0. The third-order valence-electron chi connectivity index (χ3n) is 5.86. The highest BCUT2D eigenvalue weighted by Gasteiger charge is 2.37. The molecule has 0 aliphatic carbocycles. The normalized spacial score (nSPS) is 16.4. The van der Waals surface area contributed by atoms with Gasteiger partial charge in [0.15, 0.2) is 0 Å². The number of nitrogens with zero attached hydrogens (tertiary/aromatic N) is 3. The summed E-state index contributed by atoms with van der Waals surface area (Å²) in [5.41, 5.74) is 0.881. The molecule has 4 amide bonds. The van der Waals surface area contributed by atoms with Crippen molar-refractivity contribution in [3.05, 3.63) is 70.5 Å². The van der Waals surface area contributed by atoms with E-state index < -0.39 is 17.6 Å². The van der Waals surface area contributed by atoms with E-state index in [1.54, 1.807) is 35.8 Å². The Balaban J connectivity index is 1.49.